The minimum Gasteiger partial charge on any atom is -0.391 e. The molecule has 0 aliphatic heterocycles. The molecule has 1 heterocycles. The van der Waals surface area contributed by atoms with Crippen molar-refractivity contribution in [2.24, 2.45) is 0 Å². The fourth-order valence-corrected chi connectivity index (χ4v) is 3.44. The Balaban J connectivity index is 1.98. The van der Waals surface area contributed by atoms with Crippen molar-refractivity contribution >= 4 is 11.3 Å². The second-order valence-electron chi connectivity index (χ2n) is 5.05. The van der Waals surface area contributed by atoms with Crippen LogP contribution in [0.3, 0.4) is 0 Å². The summed E-state index contributed by atoms with van der Waals surface area (Å²) in [5.74, 6) is 0. The summed E-state index contributed by atoms with van der Waals surface area (Å²) in [6.45, 7) is 2.97. The fraction of sp³-hybridized carbons (Fsp3) is 0.769. The average molecular weight is 254 g/mol. The van der Waals surface area contributed by atoms with E-state index >= 15 is 0 Å². The van der Waals surface area contributed by atoms with Crippen LogP contribution in [-0.4, -0.2) is 34.2 Å². The number of hydrogen-bond acceptors (Lipinski definition) is 4. The van der Waals surface area contributed by atoms with Crippen LogP contribution in [-0.2, 0) is 6.54 Å². The quantitative estimate of drug-likeness (QED) is 0.842. The Hall–Kier alpha value is -0.450. The molecule has 1 aliphatic carbocycles. The molecule has 3 nitrogen and oxygen atoms in total. The summed E-state index contributed by atoms with van der Waals surface area (Å²) >= 11 is 1.71. The second kappa shape index (κ2) is 5.94. The molecule has 1 saturated carbocycles. The minimum absolute atomic E-state index is 0.157. The Bertz CT molecular complexity index is 353. The van der Waals surface area contributed by atoms with Gasteiger partial charge in [0.25, 0.3) is 0 Å². The lowest BCUT2D eigenvalue weighted by molar-refractivity contribution is 0.0547. The van der Waals surface area contributed by atoms with Gasteiger partial charge in [-0.05, 0) is 26.8 Å². The maximum Gasteiger partial charge on any atom is 0.0798 e. The van der Waals surface area contributed by atoms with Gasteiger partial charge in [0.15, 0.2) is 0 Å². The average Bonchev–Trinajstić information content (AvgIpc) is 2.57. The first-order valence-electron chi connectivity index (χ1n) is 6.45. The first-order valence-corrected chi connectivity index (χ1v) is 7.33. The number of aliphatic hydroxyl groups is 1. The standard InChI is InChI=1S/C13H22N2OS/c1-10-13(17-9-14-10)8-15(2)11-6-4-3-5-7-12(11)16/h9,11-12,16H,3-8H2,1-2H3. The third-order valence-electron chi connectivity index (χ3n) is 3.75. The molecule has 4 heteroatoms. The molecule has 0 aromatic carbocycles. The van der Waals surface area contributed by atoms with Crippen LogP contribution < -0.4 is 0 Å². The first-order chi connectivity index (χ1) is 8.18. The highest BCUT2D eigenvalue weighted by molar-refractivity contribution is 7.09. The van der Waals surface area contributed by atoms with E-state index in [1.165, 1.54) is 24.1 Å². The first kappa shape index (κ1) is 13.0. The topological polar surface area (TPSA) is 36.4 Å². The van der Waals surface area contributed by atoms with Crippen molar-refractivity contribution in [1.82, 2.24) is 9.88 Å². The smallest absolute Gasteiger partial charge is 0.0798 e. The lowest BCUT2D eigenvalue weighted by Gasteiger charge is -2.30. The summed E-state index contributed by atoms with van der Waals surface area (Å²) in [7, 11) is 2.12. The lowest BCUT2D eigenvalue weighted by Crippen LogP contribution is -2.40. The van der Waals surface area contributed by atoms with Crippen LogP contribution in [0.15, 0.2) is 5.51 Å². The number of nitrogens with zero attached hydrogens (tertiary/aromatic N) is 2. The van der Waals surface area contributed by atoms with E-state index in [1.54, 1.807) is 11.3 Å². The zero-order valence-electron chi connectivity index (χ0n) is 10.7. The van der Waals surface area contributed by atoms with Gasteiger partial charge in [0.2, 0.25) is 0 Å². The fourth-order valence-electron chi connectivity index (χ4n) is 2.60. The SMILES string of the molecule is Cc1ncsc1CN(C)C1CCCCCC1O. The Kier molecular flexibility index (Phi) is 4.54. The largest absolute Gasteiger partial charge is 0.391 e. The van der Waals surface area contributed by atoms with Gasteiger partial charge < -0.3 is 5.11 Å². The highest BCUT2D eigenvalue weighted by Gasteiger charge is 2.25. The van der Waals surface area contributed by atoms with Gasteiger partial charge in [0, 0.05) is 17.5 Å². The Morgan fingerprint density at radius 3 is 2.88 bits per heavy atom. The third-order valence-corrected chi connectivity index (χ3v) is 4.67. The molecule has 0 amide bonds. The molecule has 2 unspecified atom stereocenters. The summed E-state index contributed by atoms with van der Waals surface area (Å²) in [6.07, 6.45) is 5.60. The molecule has 0 radical (unpaired) electrons. The van der Waals surface area contributed by atoms with Crippen LogP contribution >= 0.6 is 11.3 Å². The zero-order valence-corrected chi connectivity index (χ0v) is 11.5. The van der Waals surface area contributed by atoms with Crippen LogP contribution in [0, 0.1) is 6.92 Å². The number of aromatic nitrogens is 1. The number of hydrogen-bond donors (Lipinski definition) is 1. The van der Waals surface area contributed by atoms with Gasteiger partial charge in [-0.25, -0.2) is 4.98 Å². The van der Waals surface area contributed by atoms with Gasteiger partial charge in [-0.3, -0.25) is 4.90 Å². The van der Waals surface area contributed by atoms with Crippen molar-refractivity contribution < 1.29 is 5.11 Å². The lowest BCUT2D eigenvalue weighted by atomic mass is 10.0. The minimum atomic E-state index is -0.157. The molecule has 0 bridgehead atoms. The second-order valence-corrected chi connectivity index (χ2v) is 5.99. The van der Waals surface area contributed by atoms with Gasteiger partial charge in [0.05, 0.1) is 17.3 Å². The molecule has 1 fully saturated rings. The van der Waals surface area contributed by atoms with E-state index in [0.29, 0.717) is 6.04 Å². The van der Waals surface area contributed by atoms with Gasteiger partial charge >= 0.3 is 0 Å². The van der Waals surface area contributed by atoms with Crippen molar-refractivity contribution in [1.29, 1.82) is 0 Å². The summed E-state index contributed by atoms with van der Waals surface area (Å²) < 4.78 is 0. The molecular weight excluding hydrogens is 232 g/mol. The van der Waals surface area contributed by atoms with E-state index in [0.717, 1.165) is 25.1 Å². The highest BCUT2D eigenvalue weighted by atomic mass is 32.1. The van der Waals surface area contributed by atoms with Crippen molar-refractivity contribution in [2.75, 3.05) is 7.05 Å². The predicted molar refractivity (Wildman–Crippen MR) is 71.2 cm³/mol. The van der Waals surface area contributed by atoms with Gasteiger partial charge in [-0.15, -0.1) is 11.3 Å². The maximum atomic E-state index is 10.2. The van der Waals surface area contributed by atoms with E-state index in [1.807, 2.05) is 5.51 Å². The van der Waals surface area contributed by atoms with Crippen molar-refractivity contribution in [3.05, 3.63) is 16.1 Å². The predicted octanol–water partition coefficient (Wildman–Crippen LogP) is 2.58. The molecule has 17 heavy (non-hydrogen) atoms. The van der Waals surface area contributed by atoms with E-state index in [4.69, 9.17) is 0 Å². The van der Waals surface area contributed by atoms with E-state index in [9.17, 15) is 5.11 Å². The monoisotopic (exact) mass is 254 g/mol. The molecule has 1 aliphatic rings. The third kappa shape index (κ3) is 3.27. The van der Waals surface area contributed by atoms with Gasteiger partial charge in [-0.2, -0.15) is 0 Å². The van der Waals surface area contributed by atoms with E-state index in [-0.39, 0.29) is 6.10 Å². The summed E-state index contributed by atoms with van der Waals surface area (Å²) in [5.41, 5.74) is 3.03. The molecule has 0 spiro atoms. The van der Waals surface area contributed by atoms with Crippen molar-refractivity contribution in [2.45, 2.75) is 57.7 Å². The normalized spacial score (nSPS) is 26.1. The molecule has 1 aromatic rings. The molecule has 1 N–H and O–H groups in total. The molecule has 2 atom stereocenters. The molecule has 96 valence electrons. The van der Waals surface area contributed by atoms with Crippen molar-refractivity contribution in [3.63, 3.8) is 0 Å². The zero-order chi connectivity index (χ0) is 12.3. The molecule has 2 rings (SSSR count). The number of aryl methyl sites for hydroxylation is 1. The van der Waals surface area contributed by atoms with Crippen LogP contribution in [0.4, 0.5) is 0 Å². The number of aliphatic hydroxyl groups excluding tert-OH is 1. The van der Waals surface area contributed by atoms with Crippen LogP contribution in [0.25, 0.3) is 0 Å². The summed E-state index contributed by atoms with van der Waals surface area (Å²) in [5, 5.41) is 10.2. The Labute approximate surface area is 107 Å². The summed E-state index contributed by atoms with van der Waals surface area (Å²) in [6, 6.07) is 0.319. The number of likely N-dealkylation sites (N-methyl/N-ethyl adjacent to an activating group) is 1. The number of thiazole rings is 1. The van der Waals surface area contributed by atoms with Gasteiger partial charge in [-0.1, -0.05) is 19.3 Å². The van der Waals surface area contributed by atoms with Crippen LogP contribution in [0.5, 0.6) is 0 Å². The number of rotatable bonds is 3. The molecule has 1 aromatic heterocycles. The Morgan fingerprint density at radius 1 is 1.41 bits per heavy atom. The maximum absolute atomic E-state index is 10.2. The van der Waals surface area contributed by atoms with Crippen LogP contribution in [0.1, 0.15) is 42.7 Å². The highest BCUT2D eigenvalue weighted by Crippen LogP contribution is 2.24. The van der Waals surface area contributed by atoms with E-state index in [2.05, 4.69) is 23.9 Å². The molecular formula is C13H22N2OS. The van der Waals surface area contributed by atoms with Gasteiger partial charge in [0.1, 0.15) is 0 Å². The van der Waals surface area contributed by atoms with Crippen molar-refractivity contribution in [3.8, 4) is 0 Å². The summed E-state index contributed by atoms with van der Waals surface area (Å²) in [4.78, 5) is 7.91. The molecule has 0 saturated heterocycles. The van der Waals surface area contributed by atoms with E-state index < -0.39 is 0 Å². The Morgan fingerprint density at radius 2 is 2.18 bits per heavy atom. The van der Waals surface area contributed by atoms with Crippen LogP contribution in [0.2, 0.25) is 0 Å².